The fourth-order valence-electron chi connectivity index (χ4n) is 1.19. The van der Waals surface area contributed by atoms with Crippen molar-refractivity contribution >= 4 is 35.4 Å². The minimum atomic E-state index is 0.153. The molecule has 8 heteroatoms. The van der Waals surface area contributed by atoms with Gasteiger partial charge in [-0.15, -0.1) is 23.5 Å². The Morgan fingerprint density at radius 3 is 1.78 bits per heavy atom. The summed E-state index contributed by atoms with van der Waals surface area (Å²) >= 11 is 2.94. The fraction of sp³-hybridized carbons (Fsp3) is 0.200. The van der Waals surface area contributed by atoms with Crippen LogP contribution >= 0.6 is 23.5 Å². The van der Waals surface area contributed by atoms with Crippen LogP contribution < -0.4 is 5.06 Å². The second-order valence-electron chi connectivity index (χ2n) is 3.11. The van der Waals surface area contributed by atoms with Crippen molar-refractivity contribution in [1.82, 2.24) is 19.9 Å². The predicted octanol–water partition coefficient (Wildman–Crippen LogP) is 2.24. The van der Waals surface area contributed by atoms with Crippen LogP contribution in [-0.2, 0) is 0 Å². The van der Waals surface area contributed by atoms with E-state index < -0.39 is 0 Å². The molecule has 2 aromatic rings. The summed E-state index contributed by atoms with van der Waals surface area (Å²) in [5.74, 6) is 0.306. The molecule has 0 unspecified atom stereocenters. The highest BCUT2D eigenvalue weighted by molar-refractivity contribution is 7.98. The van der Waals surface area contributed by atoms with Gasteiger partial charge in [0, 0.05) is 12.4 Å². The van der Waals surface area contributed by atoms with Crippen molar-refractivity contribution in [3.05, 3.63) is 24.5 Å². The second kappa shape index (κ2) is 5.98. The average Bonchev–Trinajstić information content (AvgIpc) is 2.46. The van der Waals surface area contributed by atoms with Crippen molar-refractivity contribution in [2.24, 2.45) is 0 Å². The van der Waals surface area contributed by atoms with Crippen LogP contribution in [-0.4, -0.2) is 37.7 Å². The van der Waals surface area contributed by atoms with Gasteiger partial charge in [-0.05, 0) is 24.6 Å². The molecule has 0 atom stereocenters. The summed E-state index contributed by atoms with van der Waals surface area (Å²) in [6, 6.07) is 3.53. The van der Waals surface area contributed by atoms with Gasteiger partial charge in [0.05, 0.1) is 0 Å². The molecule has 0 fully saturated rings. The van der Waals surface area contributed by atoms with Crippen molar-refractivity contribution in [2.45, 2.75) is 10.1 Å². The first-order valence-corrected chi connectivity index (χ1v) is 7.42. The van der Waals surface area contributed by atoms with Gasteiger partial charge in [0.2, 0.25) is 0 Å². The molecule has 0 saturated heterocycles. The van der Waals surface area contributed by atoms with E-state index in [1.807, 2.05) is 12.5 Å². The lowest BCUT2D eigenvalue weighted by Crippen LogP contribution is -2.17. The molecule has 2 aromatic heterocycles. The molecule has 0 saturated carbocycles. The lowest BCUT2D eigenvalue weighted by atomic mass is 10.6. The summed E-state index contributed by atoms with van der Waals surface area (Å²) < 4.78 is 0. The Labute approximate surface area is 113 Å². The van der Waals surface area contributed by atoms with Crippen LogP contribution in [0.5, 0.6) is 0 Å². The van der Waals surface area contributed by atoms with Gasteiger partial charge < -0.3 is 0 Å². The van der Waals surface area contributed by atoms with E-state index in [0.717, 1.165) is 15.1 Å². The summed E-state index contributed by atoms with van der Waals surface area (Å²) in [6.07, 6.45) is 6.96. The predicted molar refractivity (Wildman–Crippen MR) is 71.6 cm³/mol. The number of rotatable bonds is 4. The molecule has 0 radical (unpaired) electrons. The van der Waals surface area contributed by atoms with E-state index in [1.54, 1.807) is 24.5 Å². The van der Waals surface area contributed by atoms with Gasteiger partial charge in [-0.1, -0.05) is 0 Å². The molecule has 2 rings (SSSR count). The van der Waals surface area contributed by atoms with E-state index in [9.17, 15) is 5.21 Å². The average molecular weight is 281 g/mol. The monoisotopic (exact) mass is 281 g/mol. The molecule has 0 spiro atoms. The first-order valence-electron chi connectivity index (χ1n) is 4.97. The van der Waals surface area contributed by atoms with Crippen LogP contribution in [0.25, 0.3) is 0 Å². The third-order valence-corrected chi connectivity index (χ3v) is 3.32. The number of hydrogen-bond donors (Lipinski definition) is 1. The lowest BCUT2D eigenvalue weighted by molar-refractivity contribution is 0.285. The molecule has 1 N–H and O–H groups in total. The summed E-state index contributed by atoms with van der Waals surface area (Å²) in [5.41, 5.74) is 0. The first kappa shape index (κ1) is 13.1. The first-order chi connectivity index (χ1) is 8.74. The molecule has 0 aliphatic rings. The quantitative estimate of drug-likeness (QED) is 0.519. The van der Waals surface area contributed by atoms with Crippen molar-refractivity contribution in [3.8, 4) is 0 Å². The maximum Gasteiger partial charge on any atom is 0.258 e. The third-order valence-electron chi connectivity index (χ3n) is 2.03. The van der Waals surface area contributed by atoms with Gasteiger partial charge in [-0.2, -0.15) is 5.06 Å². The number of aromatic nitrogens is 4. The van der Waals surface area contributed by atoms with Gasteiger partial charge in [-0.3, -0.25) is 5.21 Å². The molecule has 0 bridgehead atoms. The Morgan fingerprint density at radius 1 is 0.944 bits per heavy atom. The smallest absolute Gasteiger partial charge is 0.258 e. The van der Waals surface area contributed by atoms with Gasteiger partial charge in [-0.25, -0.2) is 19.9 Å². The highest BCUT2D eigenvalue weighted by Crippen LogP contribution is 2.20. The molecular formula is C10H11N5OS2. The standard InChI is InChI=1S/C10H11N5OS2/c1-17-7-3-5-11-9(13-7)15(16)10-12-6-4-8(14-10)18-2/h3-6,16H,1-2H3. The van der Waals surface area contributed by atoms with E-state index >= 15 is 0 Å². The van der Waals surface area contributed by atoms with Crippen molar-refractivity contribution in [1.29, 1.82) is 0 Å². The zero-order chi connectivity index (χ0) is 13.0. The molecule has 18 heavy (non-hydrogen) atoms. The molecule has 2 heterocycles. The minimum absolute atomic E-state index is 0.153. The van der Waals surface area contributed by atoms with Gasteiger partial charge in [0.1, 0.15) is 10.1 Å². The van der Waals surface area contributed by atoms with Crippen molar-refractivity contribution in [2.75, 3.05) is 17.6 Å². The topological polar surface area (TPSA) is 75.0 Å². The number of anilines is 2. The zero-order valence-electron chi connectivity index (χ0n) is 9.81. The Kier molecular flexibility index (Phi) is 4.34. The van der Waals surface area contributed by atoms with Crippen molar-refractivity contribution < 1.29 is 5.21 Å². The van der Waals surface area contributed by atoms with Crippen LogP contribution in [0.3, 0.4) is 0 Å². The molecule has 0 aliphatic carbocycles. The SMILES string of the molecule is CSc1ccnc(N(O)c2nccc(SC)n2)n1. The Morgan fingerprint density at radius 2 is 1.39 bits per heavy atom. The van der Waals surface area contributed by atoms with E-state index in [2.05, 4.69) is 19.9 Å². The van der Waals surface area contributed by atoms with E-state index in [-0.39, 0.29) is 11.9 Å². The highest BCUT2D eigenvalue weighted by Gasteiger charge is 2.13. The van der Waals surface area contributed by atoms with E-state index in [4.69, 9.17) is 0 Å². The zero-order valence-corrected chi connectivity index (χ0v) is 11.4. The molecular weight excluding hydrogens is 270 g/mol. The summed E-state index contributed by atoms with van der Waals surface area (Å²) in [4.78, 5) is 16.3. The highest BCUT2D eigenvalue weighted by atomic mass is 32.2. The van der Waals surface area contributed by atoms with Gasteiger partial charge >= 0.3 is 0 Å². The summed E-state index contributed by atoms with van der Waals surface area (Å²) in [5, 5.41) is 12.3. The number of thioether (sulfide) groups is 2. The Balaban J connectivity index is 2.31. The summed E-state index contributed by atoms with van der Waals surface area (Å²) in [7, 11) is 0. The van der Waals surface area contributed by atoms with Crippen LogP contribution in [0.1, 0.15) is 0 Å². The van der Waals surface area contributed by atoms with Crippen molar-refractivity contribution in [3.63, 3.8) is 0 Å². The Bertz CT molecular complexity index is 492. The van der Waals surface area contributed by atoms with Crippen LogP contribution in [0.15, 0.2) is 34.6 Å². The van der Waals surface area contributed by atoms with E-state index in [0.29, 0.717) is 0 Å². The van der Waals surface area contributed by atoms with E-state index in [1.165, 1.54) is 23.5 Å². The maximum atomic E-state index is 10.00. The van der Waals surface area contributed by atoms with Crippen LogP contribution in [0.4, 0.5) is 11.9 Å². The van der Waals surface area contributed by atoms with Crippen LogP contribution in [0.2, 0.25) is 0 Å². The summed E-state index contributed by atoms with van der Waals surface area (Å²) in [6.45, 7) is 0. The number of hydrogen-bond acceptors (Lipinski definition) is 8. The largest absolute Gasteiger partial charge is 0.278 e. The lowest BCUT2D eigenvalue weighted by Gasteiger charge is -2.12. The molecule has 94 valence electrons. The molecule has 0 amide bonds. The second-order valence-corrected chi connectivity index (χ2v) is 4.76. The van der Waals surface area contributed by atoms with Gasteiger partial charge in [0.15, 0.2) is 0 Å². The molecule has 0 aromatic carbocycles. The minimum Gasteiger partial charge on any atom is -0.278 e. The molecule has 0 aliphatic heterocycles. The number of nitrogens with zero attached hydrogens (tertiary/aromatic N) is 5. The van der Waals surface area contributed by atoms with Crippen LogP contribution in [0, 0.1) is 0 Å². The Hall–Kier alpha value is -1.38. The molecule has 6 nitrogen and oxygen atoms in total. The normalized spacial score (nSPS) is 10.4. The third kappa shape index (κ3) is 2.89. The van der Waals surface area contributed by atoms with Gasteiger partial charge in [0.25, 0.3) is 11.9 Å². The fourth-order valence-corrected chi connectivity index (χ4v) is 1.93. The maximum absolute atomic E-state index is 10.00.